The van der Waals surface area contributed by atoms with Crippen LogP contribution in [0.15, 0.2) is 36.4 Å². The molecular formula is C14H10F4O2. The number of alkyl halides is 3. The third-order valence-corrected chi connectivity index (χ3v) is 2.73. The largest absolute Gasteiger partial charge is 0.508 e. The fourth-order valence-electron chi connectivity index (χ4n) is 1.79. The highest BCUT2D eigenvalue weighted by Crippen LogP contribution is 2.36. The monoisotopic (exact) mass is 286 g/mol. The summed E-state index contributed by atoms with van der Waals surface area (Å²) in [6.07, 6.45) is -4.61. The van der Waals surface area contributed by atoms with Crippen LogP contribution in [0.1, 0.15) is 5.56 Å². The Balaban J connectivity index is 2.55. The summed E-state index contributed by atoms with van der Waals surface area (Å²) in [6.45, 7) is 0. The normalized spacial score (nSPS) is 11.4. The second-order valence-corrected chi connectivity index (χ2v) is 4.11. The third-order valence-electron chi connectivity index (χ3n) is 2.73. The number of phenolic OH excluding ortho intramolecular Hbond substituents is 1. The molecule has 0 saturated heterocycles. The molecule has 20 heavy (non-hydrogen) atoms. The van der Waals surface area contributed by atoms with E-state index in [1.807, 2.05) is 0 Å². The fraction of sp³-hybridized carbons (Fsp3) is 0.143. The molecule has 106 valence electrons. The lowest BCUT2D eigenvalue weighted by molar-refractivity contribution is -0.137. The third kappa shape index (κ3) is 2.84. The number of aromatic hydroxyl groups is 1. The molecule has 2 rings (SSSR count). The molecule has 0 saturated carbocycles. The van der Waals surface area contributed by atoms with Crippen molar-refractivity contribution in [3.05, 3.63) is 47.8 Å². The van der Waals surface area contributed by atoms with Crippen LogP contribution in [0.4, 0.5) is 17.6 Å². The molecule has 0 radical (unpaired) electrons. The number of hydrogen-bond donors (Lipinski definition) is 1. The molecule has 0 aliphatic carbocycles. The van der Waals surface area contributed by atoms with Gasteiger partial charge in [-0.15, -0.1) is 0 Å². The van der Waals surface area contributed by atoms with E-state index in [1.54, 1.807) is 0 Å². The molecule has 0 amide bonds. The van der Waals surface area contributed by atoms with Crippen molar-refractivity contribution in [3.63, 3.8) is 0 Å². The maximum Gasteiger partial charge on any atom is 0.416 e. The molecule has 0 fully saturated rings. The van der Waals surface area contributed by atoms with Gasteiger partial charge in [-0.3, -0.25) is 0 Å². The first-order valence-corrected chi connectivity index (χ1v) is 5.56. The SMILES string of the molecule is COc1ccc(-c2cc(O)cc(C(F)(F)F)c2)c(F)c1. The maximum atomic E-state index is 13.8. The van der Waals surface area contributed by atoms with E-state index in [4.69, 9.17) is 4.74 Å². The second kappa shape index (κ2) is 5.03. The average molecular weight is 286 g/mol. The Morgan fingerprint density at radius 1 is 1.05 bits per heavy atom. The van der Waals surface area contributed by atoms with Gasteiger partial charge in [0.15, 0.2) is 0 Å². The Labute approximate surface area is 112 Å². The first kappa shape index (κ1) is 14.2. The van der Waals surface area contributed by atoms with Crippen LogP contribution in [0.5, 0.6) is 11.5 Å². The van der Waals surface area contributed by atoms with E-state index < -0.39 is 23.3 Å². The first-order valence-electron chi connectivity index (χ1n) is 5.56. The van der Waals surface area contributed by atoms with Gasteiger partial charge >= 0.3 is 6.18 Å². The standard InChI is InChI=1S/C14H10F4O2/c1-20-11-2-3-12(13(15)7-11)8-4-9(14(16,17)18)6-10(19)5-8/h2-7,19H,1H3. The van der Waals surface area contributed by atoms with Crippen molar-refractivity contribution >= 4 is 0 Å². The quantitative estimate of drug-likeness (QED) is 0.837. The van der Waals surface area contributed by atoms with Gasteiger partial charge in [0.1, 0.15) is 17.3 Å². The minimum Gasteiger partial charge on any atom is -0.508 e. The molecule has 0 bridgehead atoms. The highest BCUT2D eigenvalue weighted by Gasteiger charge is 2.31. The number of ether oxygens (including phenoxy) is 1. The molecule has 0 aliphatic heterocycles. The molecule has 0 aliphatic rings. The Hall–Kier alpha value is -2.24. The molecule has 2 aromatic carbocycles. The Morgan fingerprint density at radius 3 is 2.30 bits per heavy atom. The highest BCUT2D eigenvalue weighted by atomic mass is 19.4. The van der Waals surface area contributed by atoms with Gasteiger partial charge in [-0.2, -0.15) is 13.2 Å². The van der Waals surface area contributed by atoms with Crippen LogP contribution in [0.3, 0.4) is 0 Å². The zero-order valence-corrected chi connectivity index (χ0v) is 10.3. The number of benzene rings is 2. The predicted octanol–water partition coefficient (Wildman–Crippen LogP) is 4.23. The maximum absolute atomic E-state index is 13.8. The minimum absolute atomic E-state index is 0.0489. The van der Waals surface area contributed by atoms with Gasteiger partial charge in [0.2, 0.25) is 0 Å². The molecule has 0 aromatic heterocycles. The molecule has 2 nitrogen and oxygen atoms in total. The van der Waals surface area contributed by atoms with Crippen LogP contribution in [0.25, 0.3) is 11.1 Å². The first-order chi connectivity index (χ1) is 9.31. The number of halogens is 4. The van der Waals surface area contributed by atoms with Crippen molar-refractivity contribution in [3.8, 4) is 22.6 Å². The summed E-state index contributed by atoms with van der Waals surface area (Å²) in [5.74, 6) is -1.06. The summed E-state index contributed by atoms with van der Waals surface area (Å²) in [5.41, 5.74) is -1.15. The van der Waals surface area contributed by atoms with Gasteiger partial charge < -0.3 is 9.84 Å². The molecular weight excluding hydrogens is 276 g/mol. The average Bonchev–Trinajstić information content (AvgIpc) is 2.36. The van der Waals surface area contributed by atoms with E-state index in [9.17, 15) is 22.7 Å². The number of rotatable bonds is 2. The van der Waals surface area contributed by atoms with Gasteiger partial charge in [0.05, 0.1) is 12.7 Å². The Morgan fingerprint density at radius 2 is 1.75 bits per heavy atom. The zero-order chi connectivity index (χ0) is 14.9. The lowest BCUT2D eigenvalue weighted by Gasteiger charge is -2.11. The smallest absolute Gasteiger partial charge is 0.416 e. The summed E-state index contributed by atoms with van der Waals surface area (Å²) in [4.78, 5) is 0. The van der Waals surface area contributed by atoms with Crippen molar-refractivity contribution < 1.29 is 27.4 Å². The molecule has 0 unspecified atom stereocenters. The molecule has 0 atom stereocenters. The second-order valence-electron chi connectivity index (χ2n) is 4.11. The van der Waals surface area contributed by atoms with Crippen LogP contribution in [-0.4, -0.2) is 12.2 Å². The molecule has 1 N–H and O–H groups in total. The number of hydrogen-bond acceptors (Lipinski definition) is 2. The molecule has 0 spiro atoms. The van der Waals surface area contributed by atoms with E-state index in [0.717, 1.165) is 18.2 Å². The van der Waals surface area contributed by atoms with Crippen LogP contribution in [-0.2, 0) is 6.18 Å². The summed E-state index contributed by atoms with van der Waals surface area (Å²) in [5, 5.41) is 9.36. The van der Waals surface area contributed by atoms with E-state index >= 15 is 0 Å². The van der Waals surface area contributed by atoms with Gasteiger partial charge in [-0.25, -0.2) is 4.39 Å². The van der Waals surface area contributed by atoms with Crippen molar-refractivity contribution in [2.45, 2.75) is 6.18 Å². The van der Waals surface area contributed by atoms with E-state index in [0.29, 0.717) is 6.07 Å². The molecule has 0 heterocycles. The van der Waals surface area contributed by atoms with Crippen molar-refractivity contribution in [1.82, 2.24) is 0 Å². The Bertz CT molecular complexity index is 636. The van der Waals surface area contributed by atoms with E-state index in [1.165, 1.54) is 19.2 Å². The lowest BCUT2D eigenvalue weighted by atomic mass is 10.0. The fourth-order valence-corrected chi connectivity index (χ4v) is 1.79. The van der Waals surface area contributed by atoms with Gasteiger partial charge in [0, 0.05) is 11.6 Å². The summed E-state index contributed by atoms with van der Waals surface area (Å²) in [7, 11) is 1.35. The van der Waals surface area contributed by atoms with Crippen LogP contribution in [0.2, 0.25) is 0 Å². The van der Waals surface area contributed by atoms with E-state index in [2.05, 4.69) is 0 Å². The van der Waals surface area contributed by atoms with Crippen LogP contribution >= 0.6 is 0 Å². The van der Waals surface area contributed by atoms with Gasteiger partial charge in [-0.05, 0) is 35.9 Å². The topological polar surface area (TPSA) is 29.5 Å². The van der Waals surface area contributed by atoms with Crippen LogP contribution < -0.4 is 4.74 Å². The van der Waals surface area contributed by atoms with Gasteiger partial charge in [0.25, 0.3) is 0 Å². The number of methoxy groups -OCH3 is 1. The summed E-state index contributed by atoms with van der Waals surface area (Å²) < 4.78 is 56.6. The zero-order valence-electron chi connectivity index (χ0n) is 10.3. The molecule has 6 heteroatoms. The van der Waals surface area contributed by atoms with Crippen molar-refractivity contribution in [2.75, 3.05) is 7.11 Å². The van der Waals surface area contributed by atoms with Crippen molar-refractivity contribution in [2.24, 2.45) is 0 Å². The van der Waals surface area contributed by atoms with Crippen LogP contribution in [0, 0.1) is 5.82 Å². The minimum atomic E-state index is -4.61. The lowest BCUT2D eigenvalue weighted by Crippen LogP contribution is -2.04. The summed E-state index contributed by atoms with van der Waals surface area (Å²) >= 11 is 0. The summed E-state index contributed by atoms with van der Waals surface area (Å²) in [6, 6.07) is 6.22. The predicted molar refractivity (Wildman–Crippen MR) is 65.1 cm³/mol. The van der Waals surface area contributed by atoms with E-state index in [-0.39, 0.29) is 16.9 Å². The molecule has 2 aromatic rings. The number of phenols is 1. The van der Waals surface area contributed by atoms with Gasteiger partial charge in [-0.1, -0.05) is 0 Å². The highest BCUT2D eigenvalue weighted by molar-refractivity contribution is 5.67. The van der Waals surface area contributed by atoms with Crippen molar-refractivity contribution in [1.29, 1.82) is 0 Å². The Kier molecular flexibility index (Phi) is 3.57.